The minimum Gasteiger partial charge on any atom is -0.444 e. The van der Waals surface area contributed by atoms with Crippen molar-refractivity contribution in [3.05, 3.63) is 29.8 Å². The van der Waals surface area contributed by atoms with Gasteiger partial charge in [0, 0.05) is 6.54 Å². The Labute approximate surface area is 169 Å². The van der Waals surface area contributed by atoms with E-state index in [9.17, 15) is 13.2 Å². The summed E-state index contributed by atoms with van der Waals surface area (Å²) in [5, 5.41) is 0. The van der Waals surface area contributed by atoms with E-state index in [0.717, 1.165) is 5.56 Å². The molecule has 1 aliphatic heterocycles. The zero-order valence-corrected chi connectivity index (χ0v) is 18.4. The Morgan fingerprint density at radius 2 is 1.81 bits per heavy atom. The molecule has 1 aliphatic rings. The zero-order valence-electron chi connectivity index (χ0n) is 16.0. The molecule has 2 rings (SSSR count). The van der Waals surface area contributed by atoms with Crippen molar-refractivity contribution in [1.29, 1.82) is 0 Å². The van der Waals surface area contributed by atoms with Crippen LogP contribution in [-0.4, -0.2) is 62.2 Å². The second-order valence-corrected chi connectivity index (χ2v) is 10.2. The van der Waals surface area contributed by atoms with E-state index in [4.69, 9.17) is 13.7 Å². The van der Waals surface area contributed by atoms with E-state index < -0.39 is 21.8 Å². The number of nitrogens with zero attached hydrogens (tertiary/aromatic N) is 1. The predicted molar refractivity (Wildman–Crippen MR) is 105 cm³/mol. The van der Waals surface area contributed by atoms with E-state index in [1.54, 1.807) is 17.0 Å². The standard InChI is InChI=1S/C18H26BrNO6S/c1-13-5-7-14(8-6-13)27(22,23)25-10-9-24-16-12-20(11-15(16)19)17(21)26-18(2,3)4/h5-8,15-16H,9-12H2,1-4H3/t15-,16-/m0/s1. The van der Waals surface area contributed by atoms with Gasteiger partial charge in [-0.1, -0.05) is 33.6 Å². The third-order valence-electron chi connectivity index (χ3n) is 3.81. The van der Waals surface area contributed by atoms with Crippen molar-refractivity contribution in [1.82, 2.24) is 4.90 Å². The van der Waals surface area contributed by atoms with Crippen LogP contribution in [0.3, 0.4) is 0 Å². The highest BCUT2D eigenvalue weighted by Crippen LogP contribution is 2.23. The topological polar surface area (TPSA) is 82.1 Å². The third kappa shape index (κ3) is 6.74. The van der Waals surface area contributed by atoms with Crippen molar-refractivity contribution < 1.29 is 26.9 Å². The number of carbonyl (C=O) groups is 1. The molecule has 7 nitrogen and oxygen atoms in total. The molecule has 1 amide bonds. The quantitative estimate of drug-likeness (QED) is 0.366. The molecule has 0 unspecified atom stereocenters. The molecule has 0 aliphatic carbocycles. The fourth-order valence-electron chi connectivity index (χ4n) is 2.48. The molecular formula is C18H26BrNO6S. The number of ether oxygens (including phenoxy) is 2. The summed E-state index contributed by atoms with van der Waals surface area (Å²) >= 11 is 3.49. The van der Waals surface area contributed by atoms with Crippen LogP contribution in [0.15, 0.2) is 29.2 Å². The molecule has 27 heavy (non-hydrogen) atoms. The molecule has 1 heterocycles. The van der Waals surface area contributed by atoms with Crippen LogP contribution in [0.1, 0.15) is 26.3 Å². The lowest BCUT2D eigenvalue weighted by Gasteiger charge is -2.24. The number of hydrogen-bond acceptors (Lipinski definition) is 6. The van der Waals surface area contributed by atoms with Crippen molar-refractivity contribution in [3.63, 3.8) is 0 Å². The first-order valence-corrected chi connectivity index (χ1v) is 11.0. The van der Waals surface area contributed by atoms with E-state index in [2.05, 4.69) is 15.9 Å². The number of hydrogen-bond donors (Lipinski definition) is 0. The highest BCUT2D eigenvalue weighted by molar-refractivity contribution is 9.09. The van der Waals surface area contributed by atoms with Gasteiger partial charge >= 0.3 is 6.09 Å². The van der Waals surface area contributed by atoms with Crippen molar-refractivity contribution in [2.75, 3.05) is 26.3 Å². The van der Waals surface area contributed by atoms with Gasteiger partial charge < -0.3 is 14.4 Å². The molecule has 152 valence electrons. The van der Waals surface area contributed by atoms with Crippen LogP contribution in [0.4, 0.5) is 4.79 Å². The maximum Gasteiger partial charge on any atom is 0.410 e. The lowest BCUT2D eigenvalue weighted by Crippen LogP contribution is -2.36. The van der Waals surface area contributed by atoms with E-state index in [-0.39, 0.29) is 29.0 Å². The van der Waals surface area contributed by atoms with Gasteiger partial charge in [-0.05, 0) is 39.8 Å². The first-order valence-electron chi connectivity index (χ1n) is 8.68. The summed E-state index contributed by atoms with van der Waals surface area (Å²) in [6.07, 6.45) is -0.653. The monoisotopic (exact) mass is 463 g/mol. The fraction of sp³-hybridized carbons (Fsp3) is 0.611. The number of halogens is 1. The van der Waals surface area contributed by atoms with Crippen LogP contribution in [0.2, 0.25) is 0 Å². The minimum atomic E-state index is -3.81. The number of alkyl halides is 1. The molecule has 0 saturated carbocycles. The van der Waals surface area contributed by atoms with Gasteiger partial charge in [-0.2, -0.15) is 8.42 Å². The summed E-state index contributed by atoms with van der Waals surface area (Å²) in [7, 11) is -3.81. The van der Waals surface area contributed by atoms with Crippen LogP contribution < -0.4 is 0 Å². The third-order valence-corrected chi connectivity index (χ3v) is 6.02. The van der Waals surface area contributed by atoms with Gasteiger partial charge in [-0.3, -0.25) is 4.18 Å². The average molecular weight is 464 g/mol. The molecule has 0 radical (unpaired) electrons. The van der Waals surface area contributed by atoms with Gasteiger partial charge in [0.25, 0.3) is 10.1 Å². The average Bonchev–Trinajstić information content (AvgIpc) is 2.92. The summed E-state index contributed by atoms with van der Waals surface area (Å²) in [5.41, 5.74) is 0.409. The molecular weight excluding hydrogens is 438 g/mol. The van der Waals surface area contributed by atoms with E-state index in [1.165, 1.54) is 12.1 Å². The molecule has 2 atom stereocenters. The van der Waals surface area contributed by atoms with E-state index >= 15 is 0 Å². The Morgan fingerprint density at radius 3 is 2.41 bits per heavy atom. The number of benzene rings is 1. The van der Waals surface area contributed by atoms with Gasteiger partial charge in [0.15, 0.2) is 0 Å². The Bertz CT molecular complexity index is 744. The first kappa shape index (κ1) is 22.1. The van der Waals surface area contributed by atoms with Crippen molar-refractivity contribution in [2.45, 2.75) is 49.1 Å². The van der Waals surface area contributed by atoms with Crippen LogP contribution in [0.25, 0.3) is 0 Å². The second-order valence-electron chi connectivity index (χ2n) is 7.40. The van der Waals surface area contributed by atoms with Crippen molar-refractivity contribution >= 4 is 32.1 Å². The largest absolute Gasteiger partial charge is 0.444 e. The minimum absolute atomic E-state index is 0.0567. The summed E-state index contributed by atoms with van der Waals surface area (Å²) in [5.74, 6) is 0. The van der Waals surface area contributed by atoms with Crippen LogP contribution >= 0.6 is 15.9 Å². The number of likely N-dealkylation sites (tertiary alicyclic amines) is 1. The zero-order chi connectivity index (χ0) is 20.2. The van der Waals surface area contributed by atoms with E-state index in [0.29, 0.717) is 13.1 Å². The maximum atomic E-state index is 12.1. The molecule has 9 heteroatoms. The van der Waals surface area contributed by atoms with E-state index in [1.807, 2.05) is 27.7 Å². The molecule has 0 bridgehead atoms. The number of aryl methyl sites for hydroxylation is 1. The molecule has 1 saturated heterocycles. The number of rotatable bonds is 6. The smallest absolute Gasteiger partial charge is 0.410 e. The predicted octanol–water partition coefficient (Wildman–Crippen LogP) is 3.10. The lowest BCUT2D eigenvalue weighted by atomic mass is 10.2. The first-order chi connectivity index (χ1) is 12.5. The van der Waals surface area contributed by atoms with Crippen LogP contribution in [0, 0.1) is 6.92 Å². The Morgan fingerprint density at radius 1 is 1.19 bits per heavy atom. The molecule has 1 fully saturated rings. The van der Waals surface area contributed by atoms with Gasteiger partial charge in [-0.25, -0.2) is 4.79 Å². The van der Waals surface area contributed by atoms with Gasteiger partial charge in [0.1, 0.15) is 5.60 Å². The number of carbonyl (C=O) groups excluding carboxylic acids is 1. The Balaban J connectivity index is 1.78. The van der Waals surface area contributed by atoms with Gasteiger partial charge in [0.2, 0.25) is 0 Å². The highest BCUT2D eigenvalue weighted by Gasteiger charge is 2.36. The summed E-state index contributed by atoms with van der Waals surface area (Å²) in [6.45, 7) is 8.14. The second kappa shape index (κ2) is 8.89. The molecule has 1 aromatic rings. The van der Waals surface area contributed by atoms with Crippen LogP contribution in [-0.2, 0) is 23.8 Å². The molecule has 1 aromatic carbocycles. The maximum absolute atomic E-state index is 12.1. The molecule has 0 spiro atoms. The lowest BCUT2D eigenvalue weighted by molar-refractivity contribution is 0.0180. The highest BCUT2D eigenvalue weighted by atomic mass is 79.9. The summed E-state index contributed by atoms with van der Waals surface area (Å²) < 4.78 is 40.3. The molecule has 0 N–H and O–H groups in total. The Kier molecular flexibility index (Phi) is 7.29. The SMILES string of the molecule is Cc1ccc(S(=O)(=O)OCCO[C@H]2CN(C(=O)OC(C)(C)C)C[C@@H]2Br)cc1. The van der Waals surface area contributed by atoms with Gasteiger partial charge in [-0.15, -0.1) is 0 Å². The fourth-order valence-corrected chi connectivity index (χ4v) is 4.05. The Hall–Kier alpha value is -1.16. The summed E-state index contributed by atoms with van der Waals surface area (Å²) in [6, 6.07) is 6.45. The summed E-state index contributed by atoms with van der Waals surface area (Å²) in [4.78, 5) is 13.7. The van der Waals surface area contributed by atoms with Crippen LogP contribution in [0.5, 0.6) is 0 Å². The molecule has 0 aromatic heterocycles. The van der Waals surface area contributed by atoms with Crippen molar-refractivity contribution in [3.8, 4) is 0 Å². The normalized spacial score (nSPS) is 20.7. The number of amides is 1. The van der Waals surface area contributed by atoms with Gasteiger partial charge in [0.05, 0.1) is 35.6 Å². The van der Waals surface area contributed by atoms with Crippen molar-refractivity contribution in [2.24, 2.45) is 0 Å².